The fourth-order valence-corrected chi connectivity index (χ4v) is 2.76. The van der Waals surface area contributed by atoms with Crippen LogP contribution < -0.4 is 5.32 Å². The molecule has 0 radical (unpaired) electrons. The smallest absolute Gasteiger partial charge is 0.105 e. The van der Waals surface area contributed by atoms with Gasteiger partial charge in [0.1, 0.15) is 5.54 Å². The second kappa shape index (κ2) is 7.26. The third-order valence-corrected chi connectivity index (χ3v) is 4.11. The van der Waals surface area contributed by atoms with Gasteiger partial charge in [-0.1, -0.05) is 6.92 Å². The van der Waals surface area contributed by atoms with Crippen molar-refractivity contribution in [3.63, 3.8) is 0 Å². The summed E-state index contributed by atoms with van der Waals surface area (Å²) < 4.78 is 0. The molecule has 0 aliphatic heterocycles. The van der Waals surface area contributed by atoms with Crippen molar-refractivity contribution in [1.82, 2.24) is 10.2 Å². The predicted octanol–water partition coefficient (Wildman–Crippen LogP) is 3.17. The van der Waals surface area contributed by atoms with Gasteiger partial charge in [-0.15, -0.1) is 0 Å². The maximum absolute atomic E-state index is 9.44. The first-order chi connectivity index (χ1) is 8.91. The zero-order chi connectivity index (χ0) is 14.5. The largest absolute Gasteiger partial charge is 0.300 e. The first kappa shape index (κ1) is 16.5. The molecule has 2 atom stereocenters. The minimum atomic E-state index is -0.397. The summed E-state index contributed by atoms with van der Waals surface area (Å²) in [6, 6.07) is 3.48. The molecule has 3 nitrogen and oxygen atoms in total. The number of rotatable bonds is 9. The number of nitriles is 1. The molecule has 3 heteroatoms. The zero-order valence-corrected chi connectivity index (χ0v) is 13.4. The van der Waals surface area contributed by atoms with Crippen LogP contribution >= 0.6 is 0 Å². The molecule has 0 amide bonds. The molecule has 0 bridgehead atoms. The Morgan fingerprint density at radius 3 is 2.42 bits per heavy atom. The maximum Gasteiger partial charge on any atom is 0.105 e. The summed E-state index contributed by atoms with van der Waals surface area (Å²) in [6.07, 6.45) is 4.75. The first-order valence-corrected chi connectivity index (χ1v) is 7.84. The third-order valence-electron chi connectivity index (χ3n) is 4.11. The van der Waals surface area contributed by atoms with E-state index in [0.29, 0.717) is 12.1 Å². The van der Waals surface area contributed by atoms with Crippen molar-refractivity contribution in [3.8, 4) is 6.07 Å². The Morgan fingerprint density at radius 2 is 2.00 bits per heavy atom. The number of nitrogens with one attached hydrogen (secondary N) is 1. The maximum atomic E-state index is 9.44. The van der Waals surface area contributed by atoms with Crippen LogP contribution in [0.4, 0.5) is 0 Å². The first-order valence-electron chi connectivity index (χ1n) is 7.84. The number of hydrogen-bond acceptors (Lipinski definition) is 3. The summed E-state index contributed by atoms with van der Waals surface area (Å²) >= 11 is 0. The lowest BCUT2D eigenvalue weighted by molar-refractivity contribution is 0.132. The summed E-state index contributed by atoms with van der Waals surface area (Å²) in [5.41, 5.74) is -0.397. The normalized spacial score (nSPS) is 20.3. The van der Waals surface area contributed by atoms with Crippen LogP contribution in [-0.2, 0) is 0 Å². The molecule has 0 spiro atoms. The quantitative estimate of drug-likeness (QED) is 0.696. The Bertz CT molecular complexity index is 304. The fourth-order valence-electron chi connectivity index (χ4n) is 2.76. The molecule has 110 valence electrons. The van der Waals surface area contributed by atoms with E-state index in [0.717, 1.165) is 25.3 Å². The second-order valence-corrected chi connectivity index (χ2v) is 6.66. The van der Waals surface area contributed by atoms with Gasteiger partial charge in [0, 0.05) is 18.6 Å². The average Bonchev–Trinajstić information content (AvgIpc) is 3.17. The van der Waals surface area contributed by atoms with Crippen molar-refractivity contribution in [2.75, 3.05) is 13.1 Å². The fraction of sp³-hybridized carbons (Fsp3) is 0.938. The molecule has 0 aromatic heterocycles. The van der Waals surface area contributed by atoms with Crippen molar-refractivity contribution < 1.29 is 0 Å². The molecule has 1 N–H and O–H groups in total. The molecule has 1 aliphatic carbocycles. The molecular formula is C16H31N3. The number of nitrogens with zero attached hydrogens (tertiary/aromatic N) is 2. The molecule has 0 saturated heterocycles. The van der Waals surface area contributed by atoms with Gasteiger partial charge in [0.05, 0.1) is 6.07 Å². The van der Waals surface area contributed by atoms with Gasteiger partial charge in [-0.3, -0.25) is 10.2 Å². The van der Waals surface area contributed by atoms with Gasteiger partial charge < -0.3 is 0 Å². The summed E-state index contributed by atoms with van der Waals surface area (Å²) in [5.74, 6) is 0.904. The van der Waals surface area contributed by atoms with Crippen molar-refractivity contribution in [3.05, 3.63) is 0 Å². The van der Waals surface area contributed by atoms with Crippen molar-refractivity contribution in [2.24, 2.45) is 5.92 Å². The Morgan fingerprint density at radius 1 is 1.37 bits per heavy atom. The van der Waals surface area contributed by atoms with E-state index in [9.17, 15) is 5.26 Å². The van der Waals surface area contributed by atoms with E-state index < -0.39 is 5.54 Å². The Hall–Kier alpha value is -0.590. The van der Waals surface area contributed by atoms with Crippen molar-refractivity contribution in [1.29, 1.82) is 5.26 Å². The molecule has 0 heterocycles. The highest BCUT2D eigenvalue weighted by molar-refractivity contribution is 5.05. The molecule has 0 aromatic rings. The van der Waals surface area contributed by atoms with Crippen molar-refractivity contribution >= 4 is 0 Å². The minimum absolute atomic E-state index is 0.397. The SMILES string of the molecule is CCCNC(C)(C#N)CC(C)N(CC1CC1)C(C)C. The predicted molar refractivity (Wildman–Crippen MR) is 81.0 cm³/mol. The molecule has 1 fully saturated rings. The standard InChI is InChI=1S/C16H31N3/c1-6-9-18-16(5,12-17)10-14(4)19(13(2)3)11-15-7-8-15/h13-15,18H,6-11H2,1-5H3. The molecule has 0 aromatic carbocycles. The third kappa shape index (κ3) is 5.50. The van der Waals surface area contributed by atoms with Gasteiger partial charge in [-0.05, 0) is 65.8 Å². The molecule has 2 unspecified atom stereocenters. The average molecular weight is 265 g/mol. The van der Waals surface area contributed by atoms with Gasteiger partial charge in [0.2, 0.25) is 0 Å². The van der Waals surface area contributed by atoms with Gasteiger partial charge in [-0.25, -0.2) is 0 Å². The Kier molecular flexibility index (Phi) is 6.29. The van der Waals surface area contributed by atoms with Crippen LogP contribution in [0.25, 0.3) is 0 Å². The van der Waals surface area contributed by atoms with E-state index in [1.165, 1.54) is 19.4 Å². The van der Waals surface area contributed by atoms with E-state index in [1.54, 1.807) is 0 Å². The summed E-state index contributed by atoms with van der Waals surface area (Å²) in [5, 5.41) is 12.8. The van der Waals surface area contributed by atoms with E-state index >= 15 is 0 Å². The second-order valence-electron chi connectivity index (χ2n) is 6.66. The van der Waals surface area contributed by atoms with Gasteiger partial charge >= 0.3 is 0 Å². The highest BCUT2D eigenvalue weighted by Crippen LogP contribution is 2.31. The summed E-state index contributed by atoms with van der Waals surface area (Å²) in [7, 11) is 0. The van der Waals surface area contributed by atoms with E-state index in [1.807, 2.05) is 6.92 Å². The van der Waals surface area contributed by atoms with Crippen LogP contribution in [-0.4, -0.2) is 35.6 Å². The molecule has 1 saturated carbocycles. The Balaban J connectivity index is 2.57. The minimum Gasteiger partial charge on any atom is -0.300 e. The van der Waals surface area contributed by atoms with Crippen LogP contribution in [0.5, 0.6) is 0 Å². The molecular weight excluding hydrogens is 234 g/mol. The van der Waals surface area contributed by atoms with Crippen LogP contribution in [0.2, 0.25) is 0 Å². The van der Waals surface area contributed by atoms with E-state index in [4.69, 9.17) is 0 Å². The zero-order valence-electron chi connectivity index (χ0n) is 13.4. The van der Waals surface area contributed by atoms with E-state index in [-0.39, 0.29) is 0 Å². The van der Waals surface area contributed by atoms with Crippen LogP contribution in [0, 0.1) is 17.2 Å². The highest BCUT2D eigenvalue weighted by atomic mass is 15.2. The summed E-state index contributed by atoms with van der Waals surface area (Å²) in [4.78, 5) is 2.57. The van der Waals surface area contributed by atoms with Crippen LogP contribution in [0.3, 0.4) is 0 Å². The lowest BCUT2D eigenvalue weighted by atomic mass is 9.93. The van der Waals surface area contributed by atoms with Crippen molar-refractivity contribution in [2.45, 2.75) is 77.9 Å². The number of hydrogen-bond donors (Lipinski definition) is 1. The van der Waals surface area contributed by atoms with Crippen LogP contribution in [0.15, 0.2) is 0 Å². The molecule has 19 heavy (non-hydrogen) atoms. The highest BCUT2D eigenvalue weighted by Gasteiger charge is 2.32. The lowest BCUT2D eigenvalue weighted by Gasteiger charge is -2.37. The summed E-state index contributed by atoms with van der Waals surface area (Å²) in [6.45, 7) is 13.1. The monoisotopic (exact) mass is 265 g/mol. The van der Waals surface area contributed by atoms with E-state index in [2.05, 4.69) is 44.0 Å². The lowest BCUT2D eigenvalue weighted by Crippen LogP contribution is -2.49. The molecule has 1 aliphatic rings. The Labute approximate surface area is 119 Å². The molecule has 1 rings (SSSR count). The van der Waals surface area contributed by atoms with Gasteiger partial charge in [0.25, 0.3) is 0 Å². The topological polar surface area (TPSA) is 39.1 Å². The van der Waals surface area contributed by atoms with Gasteiger partial charge in [-0.2, -0.15) is 5.26 Å². The van der Waals surface area contributed by atoms with Crippen LogP contribution in [0.1, 0.15) is 60.3 Å². The van der Waals surface area contributed by atoms with Gasteiger partial charge in [0.15, 0.2) is 0 Å².